The summed E-state index contributed by atoms with van der Waals surface area (Å²) >= 11 is 5.09. The first kappa shape index (κ1) is 11.8. The van der Waals surface area contributed by atoms with Crippen LogP contribution in [0.15, 0.2) is 0 Å². The summed E-state index contributed by atoms with van der Waals surface area (Å²) in [5.41, 5.74) is 0. The van der Waals surface area contributed by atoms with Gasteiger partial charge in [0.1, 0.15) is 5.82 Å². The number of nitrogens with zero attached hydrogens (tertiary/aromatic N) is 2. The highest BCUT2D eigenvalue weighted by atomic mass is 32.2. The van der Waals surface area contributed by atoms with Crippen molar-refractivity contribution in [1.82, 2.24) is 14.8 Å². The predicted octanol–water partition coefficient (Wildman–Crippen LogP) is 1.25. The van der Waals surface area contributed by atoms with Gasteiger partial charge in [-0.25, -0.2) is 8.42 Å². The molecule has 2 rings (SSSR count). The SMILES string of the molecule is CCS(=O)(=O)CCn1c(C2CC2)n[nH]c1=S. The Bertz CT molecular complexity index is 525. The van der Waals surface area contributed by atoms with E-state index in [0.29, 0.717) is 17.2 Å². The summed E-state index contributed by atoms with van der Waals surface area (Å²) in [5, 5.41) is 6.89. The molecule has 1 heterocycles. The molecule has 1 aromatic heterocycles. The Morgan fingerprint density at radius 3 is 2.81 bits per heavy atom. The van der Waals surface area contributed by atoms with E-state index in [-0.39, 0.29) is 11.5 Å². The highest BCUT2D eigenvalue weighted by Gasteiger charge is 2.29. The number of sulfone groups is 1. The largest absolute Gasteiger partial charge is 0.303 e. The third kappa shape index (κ3) is 2.52. The lowest BCUT2D eigenvalue weighted by atomic mass is 10.4. The van der Waals surface area contributed by atoms with Crippen molar-refractivity contribution < 1.29 is 8.42 Å². The topological polar surface area (TPSA) is 67.8 Å². The fourth-order valence-corrected chi connectivity index (χ4v) is 2.55. The van der Waals surface area contributed by atoms with Crippen LogP contribution < -0.4 is 0 Å². The molecule has 5 nitrogen and oxygen atoms in total. The Kier molecular flexibility index (Phi) is 3.16. The van der Waals surface area contributed by atoms with Crippen molar-refractivity contribution in [2.45, 2.75) is 32.2 Å². The standard InChI is InChI=1S/C9H15N3O2S2/c1-2-16(13,14)6-5-12-8(7-3-4-7)10-11-9(12)15/h7H,2-6H2,1H3,(H,11,15). The molecule has 1 saturated carbocycles. The van der Waals surface area contributed by atoms with Gasteiger partial charge in [0.05, 0.1) is 5.75 Å². The molecule has 0 radical (unpaired) electrons. The number of H-pyrrole nitrogens is 1. The first-order valence-electron chi connectivity index (χ1n) is 5.39. The molecule has 0 aliphatic heterocycles. The lowest BCUT2D eigenvalue weighted by molar-refractivity contribution is 0.586. The Hall–Kier alpha value is -0.690. The molecule has 0 aromatic carbocycles. The van der Waals surface area contributed by atoms with Crippen LogP contribution in [0.25, 0.3) is 0 Å². The predicted molar refractivity (Wildman–Crippen MR) is 63.7 cm³/mol. The average Bonchev–Trinajstić information content (AvgIpc) is 3.01. The number of hydrogen-bond donors (Lipinski definition) is 1. The molecule has 7 heteroatoms. The van der Waals surface area contributed by atoms with E-state index in [9.17, 15) is 8.42 Å². The summed E-state index contributed by atoms with van der Waals surface area (Å²) in [7, 11) is -2.94. The van der Waals surface area contributed by atoms with E-state index in [4.69, 9.17) is 12.2 Å². The first-order valence-corrected chi connectivity index (χ1v) is 7.62. The highest BCUT2D eigenvalue weighted by molar-refractivity contribution is 7.91. The van der Waals surface area contributed by atoms with E-state index in [1.54, 1.807) is 6.92 Å². The van der Waals surface area contributed by atoms with Crippen LogP contribution in [0.4, 0.5) is 0 Å². The van der Waals surface area contributed by atoms with Gasteiger partial charge in [-0.2, -0.15) is 5.10 Å². The van der Waals surface area contributed by atoms with Crippen LogP contribution in [0.2, 0.25) is 0 Å². The van der Waals surface area contributed by atoms with Gasteiger partial charge in [0.15, 0.2) is 14.6 Å². The maximum atomic E-state index is 11.4. The molecule has 0 spiro atoms. The third-order valence-corrected chi connectivity index (χ3v) is 4.79. The van der Waals surface area contributed by atoms with E-state index in [2.05, 4.69) is 10.2 Å². The molecule has 90 valence electrons. The molecule has 1 aliphatic carbocycles. The first-order chi connectivity index (χ1) is 7.53. The molecule has 1 N–H and O–H groups in total. The van der Waals surface area contributed by atoms with Crippen molar-refractivity contribution >= 4 is 22.1 Å². The van der Waals surface area contributed by atoms with Crippen molar-refractivity contribution in [1.29, 1.82) is 0 Å². The van der Waals surface area contributed by atoms with E-state index in [1.165, 1.54) is 0 Å². The van der Waals surface area contributed by atoms with E-state index < -0.39 is 9.84 Å². The van der Waals surface area contributed by atoms with Gasteiger partial charge in [0.25, 0.3) is 0 Å². The van der Waals surface area contributed by atoms with Crippen molar-refractivity contribution in [2.24, 2.45) is 0 Å². The summed E-state index contributed by atoms with van der Waals surface area (Å²) in [6.45, 7) is 2.07. The van der Waals surface area contributed by atoms with Gasteiger partial charge in [0, 0.05) is 18.2 Å². The Morgan fingerprint density at radius 1 is 1.56 bits per heavy atom. The number of aromatic amines is 1. The second kappa shape index (κ2) is 4.29. The minimum atomic E-state index is -2.94. The second-order valence-corrected chi connectivity index (χ2v) is 6.91. The Morgan fingerprint density at radius 2 is 2.25 bits per heavy atom. The Balaban J connectivity index is 2.15. The summed E-state index contributed by atoms with van der Waals surface area (Å²) in [6, 6.07) is 0. The molecule has 0 unspecified atom stereocenters. The zero-order valence-corrected chi connectivity index (χ0v) is 10.8. The van der Waals surface area contributed by atoms with Crippen molar-refractivity contribution in [3.05, 3.63) is 10.6 Å². The van der Waals surface area contributed by atoms with Gasteiger partial charge in [-0.1, -0.05) is 6.92 Å². The van der Waals surface area contributed by atoms with E-state index in [1.807, 2.05) is 4.57 Å². The molecule has 1 aliphatic rings. The molecule has 0 amide bonds. The van der Waals surface area contributed by atoms with Crippen LogP contribution >= 0.6 is 12.2 Å². The monoisotopic (exact) mass is 261 g/mol. The summed E-state index contributed by atoms with van der Waals surface area (Å²) in [4.78, 5) is 0. The second-order valence-electron chi connectivity index (χ2n) is 4.05. The number of hydrogen-bond acceptors (Lipinski definition) is 4. The molecule has 0 atom stereocenters. The normalized spacial score (nSPS) is 16.6. The van der Waals surface area contributed by atoms with E-state index >= 15 is 0 Å². The van der Waals surface area contributed by atoms with Gasteiger partial charge >= 0.3 is 0 Å². The number of nitrogens with one attached hydrogen (secondary N) is 1. The van der Waals surface area contributed by atoms with Crippen LogP contribution in [0.3, 0.4) is 0 Å². The zero-order valence-electron chi connectivity index (χ0n) is 9.14. The van der Waals surface area contributed by atoms with Gasteiger partial charge in [0.2, 0.25) is 0 Å². The maximum Gasteiger partial charge on any atom is 0.195 e. The van der Waals surface area contributed by atoms with Crippen LogP contribution in [0.5, 0.6) is 0 Å². The van der Waals surface area contributed by atoms with Gasteiger partial charge in [-0.3, -0.25) is 5.10 Å². The van der Waals surface area contributed by atoms with Crippen LogP contribution in [0, 0.1) is 4.77 Å². The quantitative estimate of drug-likeness (QED) is 0.810. The average molecular weight is 261 g/mol. The van der Waals surface area contributed by atoms with Crippen molar-refractivity contribution in [3.63, 3.8) is 0 Å². The lowest BCUT2D eigenvalue weighted by Crippen LogP contribution is -2.16. The van der Waals surface area contributed by atoms with E-state index in [0.717, 1.165) is 18.7 Å². The third-order valence-electron chi connectivity index (χ3n) is 2.80. The molecule has 0 saturated heterocycles. The van der Waals surface area contributed by atoms with Crippen molar-refractivity contribution in [2.75, 3.05) is 11.5 Å². The smallest absolute Gasteiger partial charge is 0.195 e. The van der Waals surface area contributed by atoms with Gasteiger partial charge in [-0.05, 0) is 25.1 Å². The molecule has 0 bridgehead atoms. The van der Waals surface area contributed by atoms with Crippen LogP contribution in [0.1, 0.15) is 31.5 Å². The maximum absolute atomic E-state index is 11.4. The van der Waals surface area contributed by atoms with Gasteiger partial charge < -0.3 is 4.57 Å². The van der Waals surface area contributed by atoms with Crippen LogP contribution in [-0.4, -0.2) is 34.7 Å². The minimum Gasteiger partial charge on any atom is -0.303 e. The number of rotatable bonds is 5. The summed E-state index contributed by atoms with van der Waals surface area (Å²) in [6.07, 6.45) is 2.25. The van der Waals surface area contributed by atoms with Crippen molar-refractivity contribution in [3.8, 4) is 0 Å². The summed E-state index contributed by atoms with van der Waals surface area (Å²) < 4.78 is 25.2. The molecule has 1 fully saturated rings. The number of aromatic nitrogens is 3. The molecular weight excluding hydrogens is 246 g/mol. The van der Waals surface area contributed by atoms with Crippen LogP contribution in [-0.2, 0) is 16.4 Å². The Labute approximate surface area is 99.8 Å². The molecular formula is C9H15N3O2S2. The zero-order chi connectivity index (χ0) is 11.8. The highest BCUT2D eigenvalue weighted by Crippen LogP contribution is 2.38. The molecule has 16 heavy (non-hydrogen) atoms. The fraction of sp³-hybridized carbons (Fsp3) is 0.778. The van der Waals surface area contributed by atoms with Gasteiger partial charge in [-0.15, -0.1) is 0 Å². The lowest BCUT2D eigenvalue weighted by Gasteiger charge is -2.05. The molecule has 1 aromatic rings. The fourth-order valence-electron chi connectivity index (χ4n) is 1.57. The minimum absolute atomic E-state index is 0.136. The summed E-state index contributed by atoms with van der Waals surface area (Å²) in [5.74, 6) is 1.70.